The van der Waals surface area contributed by atoms with Gasteiger partial charge in [0.15, 0.2) is 0 Å². The van der Waals surface area contributed by atoms with Gasteiger partial charge in [0.2, 0.25) is 0 Å². The van der Waals surface area contributed by atoms with Crippen LogP contribution in [-0.4, -0.2) is 50.1 Å². The van der Waals surface area contributed by atoms with Crippen molar-refractivity contribution in [3.05, 3.63) is 54.7 Å². The number of esters is 1. The molecule has 150 valence electrons. The maximum atomic E-state index is 13.2. The van der Waals surface area contributed by atoms with E-state index in [1.165, 1.54) is 0 Å². The summed E-state index contributed by atoms with van der Waals surface area (Å²) in [7, 11) is 1.96. The summed E-state index contributed by atoms with van der Waals surface area (Å²) >= 11 is 0. The monoisotopic (exact) mass is 392 g/mol. The lowest BCUT2D eigenvalue weighted by Gasteiger charge is -2.36. The Hall–Kier alpha value is -3.09. The molecule has 7 heteroatoms. The molecule has 1 spiro atoms. The van der Waals surface area contributed by atoms with Gasteiger partial charge in [-0.25, -0.2) is 4.98 Å². The largest absolute Gasteiger partial charge is 0.460 e. The molecule has 2 aromatic heterocycles. The van der Waals surface area contributed by atoms with E-state index in [4.69, 9.17) is 4.74 Å². The smallest absolute Gasteiger partial charge is 0.312 e. The average Bonchev–Trinajstić information content (AvgIpc) is 3.43. The number of carbonyl (C=O) groups is 2. The summed E-state index contributed by atoms with van der Waals surface area (Å²) < 4.78 is 9.60. The van der Waals surface area contributed by atoms with Gasteiger partial charge in [-0.3, -0.25) is 9.59 Å². The van der Waals surface area contributed by atoms with E-state index in [1.807, 2.05) is 57.7 Å². The molecule has 5 rings (SSSR count). The van der Waals surface area contributed by atoms with E-state index in [9.17, 15) is 9.59 Å². The van der Waals surface area contributed by atoms with Crippen molar-refractivity contribution < 1.29 is 14.3 Å². The number of aryl methyl sites for hydroxylation is 1. The van der Waals surface area contributed by atoms with Gasteiger partial charge in [0.25, 0.3) is 5.91 Å². The van der Waals surface area contributed by atoms with E-state index in [2.05, 4.69) is 4.98 Å². The van der Waals surface area contributed by atoms with Crippen molar-refractivity contribution >= 4 is 22.8 Å². The van der Waals surface area contributed by atoms with Gasteiger partial charge < -0.3 is 18.8 Å². The molecule has 0 N–H and O–H groups in total. The molecule has 1 aromatic carbocycles. The van der Waals surface area contributed by atoms with Gasteiger partial charge in [0.05, 0.1) is 23.9 Å². The Kier molecular flexibility index (Phi) is 4.19. The maximum Gasteiger partial charge on any atom is 0.312 e. The van der Waals surface area contributed by atoms with Gasteiger partial charge in [-0.2, -0.15) is 0 Å². The maximum absolute atomic E-state index is 13.2. The number of benzene rings is 1. The number of nitrogens with zero attached hydrogens (tertiary/aromatic N) is 4. The molecule has 1 amide bonds. The van der Waals surface area contributed by atoms with Crippen LogP contribution in [0, 0.1) is 5.41 Å². The highest BCUT2D eigenvalue weighted by Crippen LogP contribution is 2.43. The predicted octanol–water partition coefficient (Wildman–Crippen LogP) is 2.61. The van der Waals surface area contributed by atoms with Crippen molar-refractivity contribution in [2.75, 3.05) is 13.1 Å². The van der Waals surface area contributed by atoms with Crippen LogP contribution in [0.3, 0.4) is 0 Å². The summed E-state index contributed by atoms with van der Waals surface area (Å²) in [6.07, 6.45) is 9.14. The lowest BCUT2D eigenvalue weighted by Crippen LogP contribution is -2.45. The Bertz CT molecular complexity index is 1060. The molecular formula is C22H24N4O3. The van der Waals surface area contributed by atoms with E-state index in [0.29, 0.717) is 38.9 Å². The Balaban J connectivity index is 1.28. The lowest BCUT2D eigenvalue weighted by atomic mass is 9.76. The third-order valence-corrected chi connectivity index (χ3v) is 6.43. The number of fused-ring (bicyclic) bond motifs is 1. The summed E-state index contributed by atoms with van der Waals surface area (Å²) in [5.74, 6) is -0.0714. The molecule has 29 heavy (non-hydrogen) atoms. The topological polar surface area (TPSA) is 69.4 Å². The number of amides is 1. The highest BCUT2D eigenvalue weighted by molar-refractivity contribution is 6.07. The number of rotatable bonds is 3. The number of piperidine rings is 1. The molecule has 1 unspecified atom stereocenters. The quantitative estimate of drug-likeness (QED) is 0.643. The SMILES string of the molecule is Cn1cc(C(=O)N2CCC3(CC2)CC(Cn2ccnc2)OC3=O)c2ccccc21. The van der Waals surface area contributed by atoms with Crippen LogP contribution >= 0.6 is 0 Å². The Morgan fingerprint density at radius 2 is 2.07 bits per heavy atom. The summed E-state index contributed by atoms with van der Waals surface area (Å²) in [6.45, 7) is 1.79. The Morgan fingerprint density at radius 1 is 1.28 bits per heavy atom. The average molecular weight is 392 g/mol. The fourth-order valence-electron chi connectivity index (χ4n) is 4.80. The van der Waals surface area contributed by atoms with E-state index >= 15 is 0 Å². The zero-order chi connectivity index (χ0) is 20.0. The summed E-state index contributed by atoms with van der Waals surface area (Å²) in [5, 5.41) is 0.973. The normalized spacial score (nSPS) is 21.1. The number of aromatic nitrogens is 3. The van der Waals surface area contributed by atoms with Crippen molar-refractivity contribution in [2.45, 2.75) is 31.9 Å². The minimum atomic E-state index is -0.458. The van der Waals surface area contributed by atoms with E-state index in [1.54, 1.807) is 12.5 Å². The summed E-state index contributed by atoms with van der Waals surface area (Å²) in [6, 6.07) is 7.95. The molecule has 7 nitrogen and oxygen atoms in total. The molecule has 0 aliphatic carbocycles. The van der Waals surface area contributed by atoms with Crippen molar-refractivity contribution in [1.82, 2.24) is 19.0 Å². The zero-order valence-electron chi connectivity index (χ0n) is 16.5. The number of carbonyl (C=O) groups excluding carboxylic acids is 2. The molecule has 2 aliphatic heterocycles. The first-order valence-electron chi connectivity index (χ1n) is 10.1. The molecule has 3 aromatic rings. The fraction of sp³-hybridized carbons (Fsp3) is 0.409. The van der Waals surface area contributed by atoms with Crippen molar-refractivity contribution in [3.63, 3.8) is 0 Å². The van der Waals surface area contributed by atoms with Gasteiger partial charge in [0, 0.05) is 56.1 Å². The zero-order valence-corrected chi connectivity index (χ0v) is 16.5. The van der Waals surface area contributed by atoms with Crippen LogP contribution in [0.4, 0.5) is 0 Å². The summed E-state index contributed by atoms with van der Waals surface area (Å²) in [4.78, 5) is 31.8. The number of imidazole rings is 1. The standard InChI is InChI=1S/C22H24N4O3/c1-24-14-18(17-4-2-3-5-19(17)24)20(27)26-9-6-22(7-10-26)12-16(29-21(22)28)13-25-11-8-23-15-25/h2-5,8,11,14-16H,6-7,9-10,12-13H2,1H3. The van der Waals surface area contributed by atoms with Crippen molar-refractivity contribution in [1.29, 1.82) is 0 Å². The molecule has 0 saturated carbocycles. The van der Waals surface area contributed by atoms with Crippen LogP contribution in [0.15, 0.2) is 49.2 Å². The highest BCUT2D eigenvalue weighted by atomic mass is 16.6. The second kappa shape index (κ2) is 6.76. The van der Waals surface area contributed by atoms with Crippen LogP contribution in [0.5, 0.6) is 0 Å². The lowest BCUT2D eigenvalue weighted by molar-refractivity contribution is -0.150. The fourth-order valence-corrected chi connectivity index (χ4v) is 4.80. The van der Waals surface area contributed by atoms with Crippen LogP contribution in [0.25, 0.3) is 10.9 Å². The second-order valence-electron chi connectivity index (χ2n) is 8.23. The van der Waals surface area contributed by atoms with Crippen LogP contribution in [0.1, 0.15) is 29.6 Å². The highest BCUT2D eigenvalue weighted by Gasteiger charge is 2.50. The molecule has 4 heterocycles. The number of hydrogen-bond acceptors (Lipinski definition) is 4. The molecule has 2 fully saturated rings. The van der Waals surface area contributed by atoms with E-state index in [-0.39, 0.29) is 18.0 Å². The first kappa shape index (κ1) is 18.0. The first-order chi connectivity index (χ1) is 14.1. The first-order valence-corrected chi connectivity index (χ1v) is 10.1. The second-order valence-corrected chi connectivity index (χ2v) is 8.23. The van der Waals surface area contributed by atoms with E-state index in [0.717, 1.165) is 16.5 Å². The number of ether oxygens (including phenoxy) is 1. The minimum Gasteiger partial charge on any atom is -0.460 e. The predicted molar refractivity (Wildman–Crippen MR) is 107 cm³/mol. The van der Waals surface area contributed by atoms with Crippen molar-refractivity contribution in [2.24, 2.45) is 12.5 Å². The van der Waals surface area contributed by atoms with Crippen LogP contribution in [-0.2, 0) is 23.1 Å². The molecule has 0 bridgehead atoms. The Morgan fingerprint density at radius 3 is 2.83 bits per heavy atom. The number of hydrogen-bond donors (Lipinski definition) is 0. The molecule has 1 atom stereocenters. The van der Waals surface area contributed by atoms with Crippen LogP contribution < -0.4 is 0 Å². The van der Waals surface area contributed by atoms with Gasteiger partial charge in [-0.05, 0) is 18.9 Å². The molecule has 0 radical (unpaired) electrons. The van der Waals surface area contributed by atoms with E-state index < -0.39 is 5.41 Å². The van der Waals surface area contributed by atoms with Gasteiger partial charge >= 0.3 is 5.97 Å². The number of para-hydroxylation sites is 1. The number of likely N-dealkylation sites (tertiary alicyclic amines) is 1. The van der Waals surface area contributed by atoms with Crippen LogP contribution in [0.2, 0.25) is 0 Å². The van der Waals surface area contributed by atoms with Gasteiger partial charge in [-0.15, -0.1) is 0 Å². The summed E-state index contributed by atoms with van der Waals surface area (Å²) in [5.41, 5.74) is 1.32. The van der Waals surface area contributed by atoms with Gasteiger partial charge in [-0.1, -0.05) is 18.2 Å². The third kappa shape index (κ3) is 3.01. The minimum absolute atomic E-state index is 0.0398. The third-order valence-electron chi connectivity index (χ3n) is 6.43. The molecule has 2 aliphatic rings. The van der Waals surface area contributed by atoms with Crippen molar-refractivity contribution in [3.8, 4) is 0 Å². The molecule has 2 saturated heterocycles. The Labute approximate surface area is 168 Å². The number of cyclic esters (lactones) is 1. The molecular weight excluding hydrogens is 368 g/mol. The van der Waals surface area contributed by atoms with Gasteiger partial charge in [0.1, 0.15) is 6.10 Å².